The Morgan fingerprint density at radius 3 is 2.87 bits per heavy atom. The van der Waals surface area contributed by atoms with Crippen LogP contribution in [0.1, 0.15) is 13.2 Å². The Bertz CT molecular complexity index is 709. The Morgan fingerprint density at radius 2 is 2.09 bits per heavy atom. The second-order valence-electron chi connectivity index (χ2n) is 5.28. The largest absolute Gasteiger partial charge is 0.394 e. The minimum absolute atomic E-state index is 0.191. The van der Waals surface area contributed by atoms with Crippen LogP contribution in [-0.2, 0) is 18.9 Å². The van der Waals surface area contributed by atoms with Crippen molar-refractivity contribution in [3.05, 3.63) is 12.7 Å². The van der Waals surface area contributed by atoms with Gasteiger partial charge in [-0.05, 0) is 6.92 Å². The summed E-state index contributed by atoms with van der Waals surface area (Å²) in [6, 6.07) is 0. The molecule has 2 saturated heterocycles. The minimum Gasteiger partial charge on any atom is -0.394 e. The maximum Gasteiger partial charge on any atom is 0.272 e. The summed E-state index contributed by atoms with van der Waals surface area (Å²) in [5.74, 6) is 0.290. The number of hydrogen-bond donors (Lipinski definition) is 2. The molecular weight excluding hydrogens is 306 g/mol. The highest BCUT2D eigenvalue weighted by molar-refractivity contribution is 5.81. The van der Waals surface area contributed by atoms with Crippen molar-refractivity contribution in [2.45, 2.75) is 37.9 Å². The molecule has 10 heteroatoms. The van der Waals surface area contributed by atoms with E-state index in [0.717, 1.165) is 0 Å². The second-order valence-corrected chi connectivity index (χ2v) is 5.28. The third kappa shape index (κ3) is 2.26. The first kappa shape index (κ1) is 14.7. The molecule has 5 atom stereocenters. The zero-order chi connectivity index (χ0) is 16.0. The molecule has 2 aromatic rings. The molecule has 0 spiro atoms. The SMILES string of the molecule is CCO[C@@H]1O[C@H]2[C@H](O1)[C@@H](n1cnc3c(N)ncnc31)O[C@H]2CO. The molecular formula is C13H17N5O5. The predicted molar refractivity (Wildman–Crippen MR) is 75.9 cm³/mol. The second kappa shape index (κ2) is 5.65. The summed E-state index contributed by atoms with van der Waals surface area (Å²) in [5.41, 5.74) is 6.82. The zero-order valence-corrected chi connectivity index (χ0v) is 12.4. The van der Waals surface area contributed by atoms with Gasteiger partial charge in [0.25, 0.3) is 6.48 Å². The number of nitrogen functional groups attached to an aromatic ring is 1. The van der Waals surface area contributed by atoms with Crippen molar-refractivity contribution in [3.63, 3.8) is 0 Å². The first-order valence-corrected chi connectivity index (χ1v) is 7.34. The number of nitrogens with two attached hydrogens (primary N) is 1. The Labute approximate surface area is 131 Å². The molecule has 124 valence electrons. The molecule has 4 heterocycles. The van der Waals surface area contributed by atoms with Crippen molar-refractivity contribution >= 4 is 17.0 Å². The van der Waals surface area contributed by atoms with E-state index in [1.807, 2.05) is 6.92 Å². The highest BCUT2D eigenvalue weighted by Crippen LogP contribution is 2.40. The predicted octanol–water partition coefficient (Wildman–Crippen LogP) is -0.598. The van der Waals surface area contributed by atoms with Crippen LogP contribution in [0.25, 0.3) is 11.2 Å². The highest BCUT2D eigenvalue weighted by Gasteiger charge is 2.54. The smallest absolute Gasteiger partial charge is 0.272 e. The summed E-state index contributed by atoms with van der Waals surface area (Å²) in [4.78, 5) is 12.3. The van der Waals surface area contributed by atoms with Crippen LogP contribution in [0.4, 0.5) is 5.82 Å². The van der Waals surface area contributed by atoms with Gasteiger partial charge in [0.2, 0.25) is 0 Å². The van der Waals surface area contributed by atoms with E-state index in [2.05, 4.69) is 15.0 Å². The van der Waals surface area contributed by atoms with Gasteiger partial charge in [0.1, 0.15) is 30.2 Å². The molecule has 2 fully saturated rings. The number of imidazole rings is 1. The van der Waals surface area contributed by atoms with Crippen LogP contribution in [0, 0.1) is 0 Å². The van der Waals surface area contributed by atoms with Crippen molar-refractivity contribution in [1.82, 2.24) is 19.5 Å². The van der Waals surface area contributed by atoms with Crippen LogP contribution in [0.3, 0.4) is 0 Å². The fourth-order valence-corrected chi connectivity index (χ4v) is 2.95. The van der Waals surface area contributed by atoms with Gasteiger partial charge in [-0.3, -0.25) is 4.57 Å². The van der Waals surface area contributed by atoms with Crippen LogP contribution in [0.2, 0.25) is 0 Å². The van der Waals surface area contributed by atoms with Gasteiger partial charge in [-0.1, -0.05) is 0 Å². The van der Waals surface area contributed by atoms with Crippen LogP contribution in [0.15, 0.2) is 12.7 Å². The summed E-state index contributed by atoms with van der Waals surface area (Å²) in [7, 11) is 0. The van der Waals surface area contributed by atoms with E-state index in [-0.39, 0.29) is 12.4 Å². The fraction of sp³-hybridized carbons (Fsp3) is 0.615. The maximum atomic E-state index is 9.53. The van der Waals surface area contributed by atoms with Crippen molar-refractivity contribution in [2.24, 2.45) is 0 Å². The maximum absolute atomic E-state index is 9.53. The number of aromatic nitrogens is 4. The van der Waals surface area contributed by atoms with Crippen LogP contribution in [0.5, 0.6) is 0 Å². The number of rotatable bonds is 4. The van der Waals surface area contributed by atoms with Crippen molar-refractivity contribution in [3.8, 4) is 0 Å². The topological polar surface area (TPSA) is 127 Å². The van der Waals surface area contributed by atoms with Crippen LogP contribution in [-0.4, -0.2) is 62.6 Å². The van der Waals surface area contributed by atoms with E-state index in [4.69, 9.17) is 24.7 Å². The van der Waals surface area contributed by atoms with Gasteiger partial charge < -0.3 is 29.8 Å². The average molecular weight is 323 g/mol. The van der Waals surface area contributed by atoms with E-state index < -0.39 is 31.0 Å². The summed E-state index contributed by atoms with van der Waals surface area (Å²) < 4.78 is 24.4. The van der Waals surface area contributed by atoms with Crippen molar-refractivity contribution in [1.29, 1.82) is 0 Å². The molecule has 0 amide bonds. The van der Waals surface area contributed by atoms with E-state index in [1.54, 1.807) is 10.9 Å². The number of hydrogen-bond acceptors (Lipinski definition) is 9. The number of aliphatic hydroxyl groups is 1. The van der Waals surface area contributed by atoms with Gasteiger partial charge in [-0.25, -0.2) is 15.0 Å². The van der Waals surface area contributed by atoms with Gasteiger partial charge in [0, 0.05) is 6.61 Å². The lowest BCUT2D eigenvalue weighted by molar-refractivity contribution is -0.265. The van der Waals surface area contributed by atoms with Crippen molar-refractivity contribution in [2.75, 3.05) is 18.9 Å². The monoisotopic (exact) mass is 323 g/mol. The number of nitrogens with zero attached hydrogens (tertiary/aromatic N) is 4. The lowest BCUT2D eigenvalue weighted by Crippen LogP contribution is -2.31. The fourth-order valence-electron chi connectivity index (χ4n) is 2.95. The lowest BCUT2D eigenvalue weighted by atomic mass is 10.1. The standard InChI is InChI=1S/C13H17N5O5/c1-2-20-13-22-8-6(3-19)21-12(9(8)23-13)18-5-17-7-10(14)15-4-16-11(7)18/h4-6,8-9,12-13,19H,2-3H2,1H3,(H2,14,15,16)/t6-,8+,9-,12-,13+/m0/s1. The zero-order valence-electron chi connectivity index (χ0n) is 12.4. The molecule has 0 unspecified atom stereocenters. The third-order valence-corrected chi connectivity index (χ3v) is 3.97. The Balaban J connectivity index is 1.69. The first-order valence-electron chi connectivity index (χ1n) is 7.34. The summed E-state index contributed by atoms with van der Waals surface area (Å²) in [6.45, 7) is 1.34. The number of ether oxygens (including phenoxy) is 4. The molecule has 2 aromatic heterocycles. The van der Waals surface area contributed by atoms with E-state index >= 15 is 0 Å². The molecule has 23 heavy (non-hydrogen) atoms. The molecule has 2 aliphatic rings. The number of aliphatic hydroxyl groups excluding tert-OH is 1. The molecule has 10 nitrogen and oxygen atoms in total. The molecule has 0 bridgehead atoms. The minimum atomic E-state index is -0.773. The quantitative estimate of drug-likeness (QED) is 0.758. The summed E-state index contributed by atoms with van der Waals surface area (Å²) >= 11 is 0. The average Bonchev–Trinajstić information content (AvgIpc) is 3.21. The highest BCUT2D eigenvalue weighted by atomic mass is 16.9. The van der Waals surface area contributed by atoms with Gasteiger partial charge in [0.05, 0.1) is 12.9 Å². The van der Waals surface area contributed by atoms with Gasteiger partial charge >= 0.3 is 0 Å². The molecule has 2 aliphatic heterocycles. The molecule has 4 rings (SSSR count). The third-order valence-electron chi connectivity index (χ3n) is 3.97. The normalized spacial score (nSPS) is 33.4. The summed E-state index contributed by atoms with van der Waals surface area (Å²) in [6.07, 6.45) is 0.972. The van der Waals surface area contributed by atoms with Gasteiger partial charge in [-0.15, -0.1) is 0 Å². The van der Waals surface area contributed by atoms with Crippen molar-refractivity contribution < 1.29 is 24.1 Å². The van der Waals surface area contributed by atoms with Gasteiger partial charge in [0.15, 0.2) is 17.7 Å². The number of fused-ring (bicyclic) bond motifs is 2. The molecule has 0 saturated carbocycles. The Hall–Kier alpha value is -1.85. The first-order chi connectivity index (χ1) is 11.2. The van der Waals surface area contributed by atoms with Crippen LogP contribution < -0.4 is 5.73 Å². The Kier molecular flexibility index (Phi) is 3.62. The molecule has 3 N–H and O–H groups in total. The van der Waals surface area contributed by atoms with E-state index in [1.165, 1.54) is 6.33 Å². The lowest BCUT2D eigenvalue weighted by Gasteiger charge is -2.20. The van der Waals surface area contributed by atoms with E-state index in [0.29, 0.717) is 17.8 Å². The molecule has 0 radical (unpaired) electrons. The molecule has 0 aromatic carbocycles. The Morgan fingerprint density at radius 1 is 1.26 bits per heavy atom. The van der Waals surface area contributed by atoms with E-state index in [9.17, 15) is 5.11 Å². The number of anilines is 1. The van der Waals surface area contributed by atoms with Gasteiger partial charge in [-0.2, -0.15) is 0 Å². The summed E-state index contributed by atoms with van der Waals surface area (Å²) in [5, 5.41) is 9.53. The van der Waals surface area contributed by atoms with Crippen LogP contribution >= 0.6 is 0 Å². The molecule has 0 aliphatic carbocycles.